The third kappa shape index (κ3) is 3.46. The average molecular weight is 267 g/mol. The van der Waals surface area contributed by atoms with Crippen molar-refractivity contribution in [2.45, 2.75) is 65.2 Å². The number of hydrogen-bond acceptors (Lipinski definition) is 2. The molecule has 0 aromatic heterocycles. The van der Waals surface area contributed by atoms with Gasteiger partial charge in [0.05, 0.1) is 0 Å². The second-order valence-electron chi connectivity index (χ2n) is 5.78. The van der Waals surface area contributed by atoms with E-state index < -0.39 is 0 Å². The first kappa shape index (κ1) is 14.3. The highest BCUT2D eigenvalue weighted by Gasteiger charge is 2.26. The molecule has 1 aliphatic heterocycles. The van der Waals surface area contributed by atoms with Crippen LogP contribution in [-0.2, 0) is 0 Å². The molecular weight excluding hydrogens is 238 g/mol. The zero-order chi connectivity index (χ0) is 12.8. The molecule has 0 saturated carbocycles. The monoisotopic (exact) mass is 267 g/mol. The minimum Gasteiger partial charge on any atom is -0.387 e. The van der Waals surface area contributed by atoms with Crippen LogP contribution in [0, 0.1) is 11.8 Å². The van der Waals surface area contributed by atoms with Crippen molar-refractivity contribution in [2.24, 2.45) is 11.8 Å². The minimum atomic E-state index is 0.810. The highest BCUT2D eigenvalue weighted by molar-refractivity contribution is 8.03. The molecule has 2 heteroatoms. The standard InChI is InChI=1S/C16H29NS/c1-3-8-14-10-7-5-6-9-13(4-2)15-16(14)18-12-11-17-15/h13-14,17H,3-12H2,1-2H3. The Morgan fingerprint density at radius 2 is 1.89 bits per heavy atom. The van der Waals surface area contributed by atoms with Crippen LogP contribution in [0.4, 0.5) is 0 Å². The fraction of sp³-hybridized carbons (Fsp3) is 0.875. The van der Waals surface area contributed by atoms with Crippen LogP contribution in [0.1, 0.15) is 65.2 Å². The lowest BCUT2D eigenvalue weighted by molar-refractivity contribution is 0.477. The number of nitrogens with one attached hydrogen (secondary N) is 1. The maximum absolute atomic E-state index is 3.76. The molecule has 1 N–H and O–H groups in total. The van der Waals surface area contributed by atoms with Gasteiger partial charge in [-0.05, 0) is 37.5 Å². The van der Waals surface area contributed by atoms with Gasteiger partial charge in [0.2, 0.25) is 0 Å². The second kappa shape index (κ2) is 7.47. The molecule has 2 rings (SSSR count). The molecule has 0 radical (unpaired) electrons. The molecule has 2 aliphatic rings. The fourth-order valence-electron chi connectivity index (χ4n) is 3.46. The molecule has 1 heterocycles. The van der Waals surface area contributed by atoms with Gasteiger partial charge in [0.25, 0.3) is 0 Å². The summed E-state index contributed by atoms with van der Waals surface area (Å²) in [5.41, 5.74) is 1.65. The topological polar surface area (TPSA) is 12.0 Å². The van der Waals surface area contributed by atoms with Crippen LogP contribution >= 0.6 is 11.8 Å². The molecule has 0 aromatic carbocycles. The predicted octanol–water partition coefficient (Wildman–Crippen LogP) is 4.94. The van der Waals surface area contributed by atoms with E-state index >= 15 is 0 Å². The maximum Gasteiger partial charge on any atom is 0.0238 e. The van der Waals surface area contributed by atoms with E-state index in [1.807, 2.05) is 0 Å². The van der Waals surface area contributed by atoms with E-state index in [-0.39, 0.29) is 0 Å². The number of hydrogen-bond donors (Lipinski definition) is 1. The highest BCUT2D eigenvalue weighted by atomic mass is 32.2. The van der Waals surface area contributed by atoms with Crippen LogP contribution in [0.2, 0.25) is 0 Å². The molecule has 18 heavy (non-hydrogen) atoms. The average Bonchev–Trinajstić information content (AvgIpc) is 2.49. The Bertz CT molecular complexity index is 285. The Balaban J connectivity index is 2.24. The van der Waals surface area contributed by atoms with Gasteiger partial charge in [-0.3, -0.25) is 0 Å². The zero-order valence-corrected chi connectivity index (χ0v) is 13.0. The molecule has 104 valence electrons. The van der Waals surface area contributed by atoms with E-state index in [9.17, 15) is 0 Å². The first-order valence-corrected chi connectivity index (χ1v) is 8.96. The maximum atomic E-state index is 3.76. The van der Waals surface area contributed by atoms with Crippen LogP contribution < -0.4 is 5.32 Å². The summed E-state index contributed by atoms with van der Waals surface area (Å²) in [6.45, 7) is 5.88. The van der Waals surface area contributed by atoms with Crippen molar-refractivity contribution in [1.82, 2.24) is 5.32 Å². The SMILES string of the molecule is CCCC1CCCCCC(CC)C2=C1SCCN2. The lowest BCUT2D eigenvalue weighted by Crippen LogP contribution is -2.29. The van der Waals surface area contributed by atoms with Crippen molar-refractivity contribution in [3.63, 3.8) is 0 Å². The molecule has 0 aromatic rings. The van der Waals surface area contributed by atoms with Crippen LogP contribution in [0.15, 0.2) is 10.6 Å². The van der Waals surface area contributed by atoms with Crippen molar-refractivity contribution in [1.29, 1.82) is 0 Å². The summed E-state index contributed by atoms with van der Waals surface area (Å²) in [5, 5.41) is 3.76. The van der Waals surface area contributed by atoms with Gasteiger partial charge in [-0.1, -0.05) is 39.5 Å². The first-order valence-electron chi connectivity index (χ1n) is 7.97. The smallest absolute Gasteiger partial charge is 0.0238 e. The lowest BCUT2D eigenvalue weighted by Gasteiger charge is -2.31. The third-order valence-electron chi connectivity index (χ3n) is 4.45. The Hall–Kier alpha value is -0.110. The van der Waals surface area contributed by atoms with Gasteiger partial charge in [-0.15, -0.1) is 11.8 Å². The van der Waals surface area contributed by atoms with Gasteiger partial charge in [0.15, 0.2) is 0 Å². The molecule has 2 atom stereocenters. The number of rotatable bonds is 3. The molecule has 0 bridgehead atoms. The molecule has 1 nitrogen and oxygen atoms in total. The summed E-state index contributed by atoms with van der Waals surface area (Å²) in [5.74, 6) is 2.94. The van der Waals surface area contributed by atoms with Crippen LogP contribution in [0.3, 0.4) is 0 Å². The van der Waals surface area contributed by atoms with Crippen molar-refractivity contribution in [3.8, 4) is 0 Å². The summed E-state index contributed by atoms with van der Waals surface area (Å²) in [4.78, 5) is 1.75. The Kier molecular flexibility index (Phi) is 5.94. The quantitative estimate of drug-likeness (QED) is 0.777. The van der Waals surface area contributed by atoms with Crippen LogP contribution in [0.25, 0.3) is 0 Å². The van der Waals surface area contributed by atoms with Crippen molar-refractivity contribution in [3.05, 3.63) is 10.6 Å². The van der Waals surface area contributed by atoms with Gasteiger partial charge >= 0.3 is 0 Å². The summed E-state index contributed by atoms with van der Waals surface area (Å²) in [7, 11) is 0. The van der Waals surface area contributed by atoms with Crippen molar-refractivity contribution < 1.29 is 0 Å². The molecular formula is C16H29NS. The Morgan fingerprint density at radius 3 is 2.61 bits per heavy atom. The molecule has 0 fully saturated rings. The van der Waals surface area contributed by atoms with Crippen LogP contribution in [0.5, 0.6) is 0 Å². The lowest BCUT2D eigenvalue weighted by atomic mass is 9.92. The normalized spacial score (nSPS) is 29.9. The van der Waals surface area contributed by atoms with E-state index in [1.165, 1.54) is 63.7 Å². The van der Waals surface area contributed by atoms with E-state index in [4.69, 9.17) is 0 Å². The van der Waals surface area contributed by atoms with Gasteiger partial charge in [-0.25, -0.2) is 0 Å². The van der Waals surface area contributed by atoms with E-state index in [0.29, 0.717) is 0 Å². The van der Waals surface area contributed by atoms with E-state index in [2.05, 4.69) is 30.9 Å². The third-order valence-corrected chi connectivity index (χ3v) is 5.73. The van der Waals surface area contributed by atoms with Crippen molar-refractivity contribution in [2.75, 3.05) is 12.3 Å². The van der Waals surface area contributed by atoms with Crippen LogP contribution in [-0.4, -0.2) is 12.3 Å². The highest BCUT2D eigenvalue weighted by Crippen LogP contribution is 2.40. The van der Waals surface area contributed by atoms with Gasteiger partial charge in [0.1, 0.15) is 0 Å². The minimum absolute atomic E-state index is 0.810. The van der Waals surface area contributed by atoms with E-state index in [1.54, 1.807) is 10.6 Å². The van der Waals surface area contributed by atoms with Gasteiger partial charge < -0.3 is 5.32 Å². The van der Waals surface area contributed by atoms with E-state index in [0.717, 1.165) is 11.8 Å². The predicted molar refractivity (Wildman–Crippen MR) is 82.8 cm³/mol. The Morgan fingerprint density at radius 1 is 1.11 bits per heavy atom. The summed E-state index contributed by atoms with van der Waals surface area (Å²) in [6, 6.07) is 0. The summed E-state index contributed by atoms with van der Waals surface area (Å²) >= 11 is 2.16. The van der Waals surface area contributed by atoms with Gasteiger partial charge in [0, 0.05) is 22.9 Å². The molecule has 0 saturated heterocycles. The molecule has 0 amide bonds. The number of thioether (sulfide) groups is 1. The molecule has 2 unspecified atom stereocenters. The largest absolute Gasteiger partial charge is 0.387 e. The van der Waals surface area contributed by atoms with Crippen molar-refractivity contribution >= 4 is 11.8 Å². The summed E-state index contributed by atoms with van der Waals surface area (Å²) < 4.78 is 0. The fourth-order valence-corrected chi connectivity index (χ4v) is 4.75. The Labute approximate surface area is 117 Å². The summed E-state index contributed by atoms with van der Waals surface area (Å²) in [6.07, 6.45) is 11.2. The zero-order valence-electron chi connectivity index (χ0n) is 12.1. The molecule has 1 aliphatic carbocycles. The number of allylic oxidation sites excluding steroid dienone is 2. The first-order chi connectivity index (χ1) is 8.86. The molecule has 0 spiro atoms. The van der Waals surface area contributed by atoms with Gasteiger partial charge in [-0.2, -0.15) is 0 Å². The second-order valence-corrected chi connectivity index (χ2v) is 6.92.